The number of carbonyl (C=O) groups is 2. The summed E-state index contributed by atoms with van der Waals surface area (Å²) in [5, 5.41) is 2.52. The molecule has 1 saturated heterocycles. The average molecular weight is 343 g/mol. The Balaban J connectivity index is 1.78. The molecule has 1 fully saturated rings. The summed E-state index contributed by atoms with van der Waals surface area (Å²) in [6.07, 6.45) is 0.829. The molecule has 1 aromatic heterocycles. The number of piperazine rings is 1. The summed E-state index contributed by atoms with van der Waals surface area (Å²) >= 11 is 0. The topological polar surface area (TPSA) is 78.4 Å². The molecule has 0 radical (unpaired) electrons. The van der Waals surface area contributed by atoms with Crippen LogP contribution in [0.25, 0.3) is 0 Å². The summed E-state index contributed by atoms with van der Waals surface area (Å²) in [4.78, 5) is 35.4. The number of amides is 2. The first-order valence-electron chi connectivity index (χ1n) is 7.92. The summed E-state index contributed by atoms with van der Waals surface area (Å²) in [6, 6.07) is 7.54. The van der Waals surface area contributed by atoms with Crippen LogP contribution in [-0.2, 0) is 4.79 Å². The number of hydrogen-bond acceptors (Lipinski definition) is 5. The van der Waals surface area contributed by atoms with Crippen molar-refractivity contribution in [3.05, 3.63) is 47.7 Å². The molecule has 8 heteroatoms. The van der Waals surface area contributed by atoms with Gasteiger partial charge in [0, 0.05) is 32.2 Å². The van der Waals surface area contributed by atoms with E-state index in [4.69, 9.17) is 0 Å². The van der Waals surface area contributed by atoms with E-state index >= 15 is 0 Å². The number of benzene rings is 1. The van der Waals surface area contributed by atoms with Gasteiger partial charge in [0.25, 0.3) is 5.91 Å². The SMILES string of the molecule is Cc1nc(C(=O)Nc2ccccc2F)cc(N2CCN(C=O)CC2)n1. The molecular formula is C17H18FN5O2. The lowest BCUT2D eigenvalue weighted by atomic mass is 10.2. The van der Waals surface area contributed by atoms with Gasteiger partial charge in [0.1, 0.15) is 23.2 Å². The Morgan fingerprint density at radius 2 is 1.92 bits per heavy atom. The van der Waals surface area contributed by atoms with E-state index < -0.39 is 11.7 Å². The molecule has 2 aromatic rings. The van der Waals surface area contributed by atoms with Gasteiger partial charge >= 0.3 is 0 Å². The maximum absolute atomic E-state index is 13.7. The fourth-order valence-electron chi connectivity index (χ4n) is 2.64. The van der Waals surface area contributed by atoms with Gasteiger partial charge in [-0.1, -0.05) is 12.1 Å². The van der Waals surface area contributed by atoms with Crippen LogP contribution in [0.4, 0.5) is 15.9 Å². The number of nitrogens with one attached hydrogen (secondary N) is 1. The molecule has 0 bridgehead atoms. The smallest absolute Gasteiger partial charge is 0.274 e. The van der Waals surface area contributed by atoms with Crippen molar-refractivity contribution in [1.82, 2.24) is 14.9 Å². The first kappa shape index (κ1) is 16.8. The van der Waals surface area contributed by atoms with E-state index in [-0.39, 0.29) is 11.4 Å². The number of aromatic nitrogens is 2. The van der Waals surface area contributed by atoms with E-state index in [0.29, 0.717) is 37.8 Å². The summed E-state index contributed by atoms with van der Waals surface area (Å²) in [5.41, 5.74) is 0.272. The molecule has 25 heavy (non-hydrogen) atoms. The first-order chi connectivity index (χ1) is 12.1. The van der Waals surface area contributed by atoms with Crippen molar-refractivity contribution in [3.8, 4) is 0 Å². The third-order valence-corrected chi connectivity index (χ3v) is 3.97. The van der Waals surface area contributed by atoms with Crippen molar-refractivity contribution in [3.63, 3.8) is 0 Å². The Labute approximate surface area is 144 Å². The molecule has 0 aliphatic carbocycles. The lowest BCUT2D eigenvalue weighted by molar-refractivity contribution is -0.118. The molecule has 2 amide bonds. The van der Waals surface area contributed by atoms with Crippen molar-refractivity contribution in [2.24, 2.45) is 0 Å². The summed E-state index contributed by atoms with van der Waals surface area (Å²) < 4.78 is 13.7. The fraction of sp³-hybridized carbons (Fsp3) is 0.294. The standard InChI is InChI=1S/C17H18FN5O2/c1-12-19-15(17(25)21-14-5-3-2-4-13(14)18)10-16(20-12)23-8-6-22(11-24)7-9-23/h2-5,10-11H,6-9H2,1H3,(H,21,25). The molecule has 2 heterocycles. The molecule has 1 aliphatic heterocycles. The Morgan fingerprint density at radius 3 is 2.60 bits per heavy atom. The van der Waals surface area contributed by atoms with Crippen LogP contribution in [0.1, 0.15) is 16.3 Å². The Kier molecular flexibility index (Phi) is 4.87. The minimum atomic E-state index is -0.508. The normalized spacial score (nSPS) is 14.3. The zero-order valence-electron chi connectivity index (χ0n) is 13.8. The highest BCUT2D eigenvalue weighted by atomic mass is 19.1. The van der Waals surface area contributed by atoms with Gasteiger partial charge in [0.15, 0.2) is 0 Å². The van der Waals surface area contributed by atoms with Gasteiger partial charge < -0.3 is 15.1 Å². The third-order valence-electron chi connectivity index (χ3n) is 3.97. The van der Waals surface area contributed by atoms with Crippen molar-refractivity contribution in [2.75, 3.05) is 36.4 Å². The van der Waals surface area contributed by atoms with E-state index in [2.05, 4.69) is 15.3 Å². The highest BCUT2D eigenvalue weighted by molar-refractivity contribution is 6.03. The largest absolute Gasteiger partial charge is 0.353 e. The zero-order valence-corrected chi connectivity index (χ0v) is 13.8. The Hall–Kier alpha value is -3.03. The van der Waals surface area contributed by atoms with Crippen LogP contribution in [0.15, 0.2) is 30.3 Å². The molecule has 0 unspecified atom stereocenters. The van der Waals surface area contributed by atoms with E-state index in [0.717, 1.165) is 6.41 Å². The van der Waals surface area contributed by atoms with Crippen LogP contribution in [0.3, 0.4) is 0 Å². The Bertz CT molecular complexity index is 790. The number of aryl methyl sites for hydroxylation is 1. The van der Waals surface area contributed by atoms with Gasteiger partial charge in [-0.25, -0.2) is 14.4 Å². The molecule has 0 atom stereocenters. The predicted molar refractivity (Wildman–Crippen MR) is 91.0 cm³/mol. The molecule has 1 N–H and O–H groups in total. The predicted octanol–water partition coefficient (Wildman–Crippen LogP) is 1.45. The van der Waals surface area contributed by atoms with Gasteiger partial charge in [0.2, 0.25) is 6.41 Å². The minimum Gasteiger partial charge on any atom is -0.353 e. The van der Waals surface area contributed by atoms with Gasteiger partial charge in [-0.3, -0.25) is 9.59 Å². The van der Waals surface area contributed by atoms with Gasteiger partial charge in [-0.05, 0) is 19.1 Å². The second-order valence-corrected chi connectivity index (χ2v) is 5.72. The highest BCUT2D eigenvalue weighted by Crippen LogP contribution is 2.17. The van der Waals surface area contributed by atoms with Gasteiger partial charge in [-0.15, -0.1) is 0 Å². The molecular weight excluding hydrogens is 325 g/mol. The molecule has 1 aromatic carbocycles. The van der Waals surface area contributed by atoms with E-state index in [9.17, 15) is 14.0 Å². The number of para-hydroxylation sites is 1. The lowest BCUT2D eigenvalue weighted by Gasteiger charge is -2.33. The van der Waals surface area contributed by atoms with Gasteiger partial charge in [0.05, 0.1) is 5.69 Å². The van der Waals surface area contributed by atoms with Crippen LogP contribution in [0.2, 0.25) is 0 Å². The number of anilines is 2. The van der Waals surface area contributed by atoms with Crippen molar-refractivity contribution in [2.45, 2.75) is 6.92 Å². The van der Waals surface area contributed by atoms with E-state index in [1.807, 2.05) is 4.90 Å². The van der Waals surface area contributed by atoms with Crippen molar-refractivity contribution < 1.29 is 14.0 Å². The third kappa shape index (κ3) is 3.90. The molecule has 1 aliphatic rings. The average Bonchev–Trinajstić information content (AvgIpc) is 2.63. The lowest BCUT2D eigenvalue weighted by Crippen LogP contribution is -2.46. The fourth-order valence-corrected chi connectivity index (χ4v) is 2.64. The second kappa shape index (κ2) is 7.25. The van der Waals surface area contributed by atoms with Crippen LogP contribution in [-0.4, -0.2) is 53.4 Å². The number of hydrogen-bond donors (Lipinski definition) is 1. The maximum Gasteiger partial charge on any atom is 0.274 e. The maximum atomic E-state index is 13.7. The quantitative estimate of drug-likeness (QED) is 0.850. The van der Waals surface area contributed by atoms with Crippen LogP contribution in [0.5, 0.6) is 0 Å². The van der Waals surface area contributed by atoms with Crippen molar-refractivity contribution in [1.29, 1.82) is 0 Å². The molecule has 3 rings (SSSR count). The van der Waals surface area contributed by atoms with E-state index in [1.54, 1.807) is 30.0 Å². The summed E-state index contributed by atoms with van der Waals surface area (Å²) in [6.45, 7) is 4.16. The summed E-state index contributed by atoms with van der Waals surface area (Å²) in [7, 11) is 0. The summed E-state index contributed by atoms with van der Waals surface area (Å²) in [5.74, 6) is 0.0703. The van der Waals surface area contributed by atoms with Crippen molar-refractivity contribution >= 4 is 23.8 Å². The number of nitrogens with zero attached hydrogens (tertiary/aromatic N) is 4. The van der Waals surface area contributed by atoms with E-state index in [1.165, 1.54) is 12.1 Å². The molecule has 130 valence electrons. The molecule has 0 saturated carbocycles. The highest BCUT2D eigenvalue weighted by Gasteiger charge is 2.19. The van der Waals surface area contributed by atoms with Gasteiger partial charge in [-0.2, -0.15) is 0 Å². The zero-order chi connectivity index (χ0) is 17.8. The molecule has 0 spiro atoms. The minimum absolute atomic E-state index is 0.102. The number of rotatable bonds is 4. The van der Waals surface area contributed by atoms with Crippen LogP contribution in [0, 0.1) is 12.7 Å². The Morgan fingerprint density at radius 1 is 1.20 bits per heavy atom. The van der Waals surface area contributed by atoms with Crippen LogP contribution < -0.4 is 10.2 Å². The second-order valence-electron chi connectivity index (χ2n) is 5.72. The number of halogens is 1. The first-order valence-corrected chi connectivity index (χ1v) is 7.92. The monoisotopic (exact) mass is 343 g/mol. The molecule has 7 nitrogen and oxygen atoms in total. The number of carbonyl (C=O) groups excluding carboxylic acids is 2. The van der Waals surface area contributed by atoms with Crippen LogP contribution >= 0.6 is 0 Å².